The van der Waals surface area contributed by atoms with Gasteiger partial charge in [0, 0.05) is 23.3 Å². The van der Waals surface area contributed by atoms with E-state index in [4.69, 9.17) is 4.74 Å². The standard InChI is InChI=1S/C18H16N4O2/c1-12-11-13(2)21-18(20-12)24-15-8-6-14(7-9-15)22-17(23)16-5-3-4-10-19-16/h3-11H,1-2H3,(H,22,23). The molecule has 0 atom stereocenters. The Labute approximate surface area is 139 Å². The van der Waals surface area contributed by atoms with Crippen molar-refractivity contribution in [3.8, 4) is 11.8 Å². The molecule has 0 bridgehead atoms. The van der Waals surface area contributed by atoms with Crippen LogP contribution in [-0.4, -0.2) is 20.9 Å². The smallest absolute Gasteiger partial charge is 0.322 e. The fourth-order valence-electron chi connectivity index (χ4n) is 2.14. The number of nitrogens with zero attached hydrogens (tertiary/aromatic N) is 3. The summed E-state index contributed by atoms with van der Waals surface area (Å²) in [6, 6.07) is 14.4. The second kappa shape index (κ2) is 6.87. The van der Waals surface area contributed by atoms with E-state index in [1.807, 2.05) is 19.9 Å². The molecule has 0 aliphatic rings. The summed E-state index contributed by atoms with van der Waals surface area (Å²) in [7, 11) is 0. The van der Waals surface area contributed by atoms with Crippen LogP contribution in [0.25, 0.3) is 0 Å². The lowest BCUT2D eigenvalue weighted by atomic mass is 10.3. The molecule has 0 saturated carbocycles. The summed E-state index contributed by atoms with van der Waals surface area (Å²) in [4.78, 5) is 24.5. The Morgan fingerprint density at radius 2 is 1.71 bits per heavy atom. The van der Waals surface area contributed by atoms with Gasteiger partial charge in [-0.05, 0) is 56.3 Å². The second-order valence-corrected chi connectivity index (χ2v) is 5.23. The summed E-state index contributed by atoms with van der Waals surface area (Å²) < 4.78 is 5.64. The Morgan fingerprint density at radius 3 is 2.33 bits per heavy atom. The number of rotatable bonds is 4. The first-order valence-corrected chi connectivity index (χ1v) is 7.43. The first-order chi connectivity index (χ1) is 11.6. The number of carbonyl (C=O) groups is 1. The van der Waals surface area contributed by atoms with E-state index in [9.17, 15) is 4.79 Å². The number of ether oxygens (including phenoxy) is 1. The average Bonchev–Trinajstić information content (AvgIpc) is 2.56. The second-order valence-electron chi connectivity index (χ2n) is 5.23. The molecule has 6 heteroatoms. The van der Waals surface area contributed by atoms with Crippen LogP contribution in [0.5, 0.6) is 11.8 Å². The average molecular weight is 320 g/mol. The number of nitrogens with one attached hydrogen (secondary N) is 1. The molecule has 2 heterocycles. The summed E-state index contributed by atoms with van der Waals surface area (Å²) in [5.74, 6) is 0.331. The molecule has 0 spiro atoms. The third-order valence-electron chi connectivity index (χ3n) is 3.18. The van der Waals surface area contributed by atoms with Crippen LogP contribution in [0.2, 0.25) is 0 Å². The number of benzene rings is 1. The van der Waals surface area contributed by atoms with Gasteiger partial charge in [0.2, 0.25) is 0 Å². The predicted molar refractivity (Wildman–Crippen MR) is 90.2 cm³/mol. The summed E-state index contributed by atoms with van der Waals surface area (Å²) in [5.41, 5.74) is 2.70. The Bertz CT molecular complexity index is 828. The summed E-state index contributed by atoms with van der Waals surface area (Å²) >= 11 is 0. The van der Waals surface area contributed by atoms with Gasteiger partial charge in [0.25, 0.3) is 5.91 Å². The van der Waals surface area contributed by atoms with Gasteiger partial charge in [0.15, 0.2) is 0 Å². The molecule has 0 aliphatic carbocycles. The van der Waals surface area contributed by atoms with Crippen LogP contribution in [0.1, 0.15) is 21.9 Å². The highest BCUT2D eigenvalue weighted by atomic mass is 16.5. The molecule has 1 amide bonds. The van der Waals surface area contributed by atoms with E-state index in [1.165, 1.54) is 0 Å². The van der Waals surface area contributed by atoms with Crippen LogP contribution < -0.4 is 10.1 Å². The van der Waals surface area contributed by atoms with Gasteiger partial charge in [-0.15, -0.1) is 0 Å². The van der Waals surface area contributed by atoms with Crippen LogP contribution in [0.4, 0.5) is 5.69 Å². The van der Waals surface area contributed by atoms with Gasteiger partial charge in [-0.2, -0.15) is 0 Å². The maximum atomic E-state index is 12.0. The SMILES string of the molecule is Cc1cc(C)nc(Oc2ccc(NC(=O)c3ccccn3)cc2)n1. The third kappa shape index (κ3) is 3.92. The normalized spacial score (nSPS) is 10.2. The topological polar surface area (TPSA) is 77.0 Å². The quantitative estimate of drug-likeness (QED) is 0.795. The van der Waals surface area contributed by atoms with Gasteiger partial charge in [0.05, 0.1) is 0 Å². The highest BCUT2D eigenvalue weighted by molar-refractivity contribution is 6.02. The molecule has 1 aromatic carbocycles. The van der Waals surface area contributed by atoms with Gasteiger partial charge < -0.3 is 10.1 Å². The maximum Gasteiger partial charge on any atom is 0.322 e. The lowest BCUT2D eigenvalue weighted by molar-refractivity contribution is 0.102. The zero-order valence-corrected chi connectivity index (χ0v) is 13.4. The molecule has 0 radical (unpaired) electrons. The lowest BCUT2D eigenvalue weighted by Crippen LogP contribution is -2.13. The van der Waals surface area contributed by atoms with E-state index >= 15 is 0 Å². The van der Waals surface area contributed by atoms with E-state index in [-0.39, 0.29) is 5.91 Å². The molecule has 6 nitrogen and oxygen atoms in total. The van der Waals surface area contributed by atoms with E-state index in [1.54, 1.807) is 48.7 Å². The molecule has 24 heavy (non-hydrogen) atoms. The van der Waals surface area contributed by atoms with E-state index in [0.29, 0.717) is 23.1 Å². The van der Waals surface area contributed by atoms with Crippen molar-refractivity contribution in [1.29, 1.82) is 0 Å². The van der Waals surface area contributed by atoms with Gasteiger partial charge in [-0.25, -0.2) is 9.97 Å². The number of hydrogen-bond acceptors (Lipinski definition) is 5. The van der Waals surface area contributed by atoms with Crippen molar-refractivity contribution in [1.82, 2.24) is 15.0 Å². The predicted octanol–water partition coefficient (Wildman–Crippen LogP) is 3.53. The van der Waals surface area contributed by atoms with Crippen LogP contribution in [0.15, 0.2) is 54.7 Å². The van der Waals surface area contributed by atoms with Crippen LogP contribution >= 0.6 is 0 Å². The van der Waals surface area contributed by atoms with Crippen molar-refractivity contribution in [2.24, 2.45) is 0 Å². The Hall–Kier alpha value is -3.28. The van der Waals surface area contributed by atoms with Crippen molar-refractivity contribution in [3.63, 3.8) is 0 Å². The molecule has 3 rings (SSSR count). The van der Waals surface area contributed by atoms with Crippen molar-refractivity contribution >= 4 is 11.6 Å². The van der Waals surface area contributed by atoms with Gasteiger partial charge >= 0.3 is 6.01 Å². The third-order valence-corrected chi connectivity index (χ3v) is 3.18. The number of amides is 1. The van der Waals surface area contributed by atoms with Gasteiger partial charge in [-0.3, -0.25) is 9.78 Å². The molecule has 0 unspecified atom stereocenters. The number of carbonyl (C=O) groups excluding carboxylic acids is 1. The Balaban J connectivity index is 1.68. The molecule has 0 aliphatic heterocycles. The van der Waals surface area contributed by atoms with Crippen LogP contribution in [0.3, 0.4) is 0 Å². The van der Waals surface area contributed by atoms with E-state index in [0.717, 1.165) is 11.4 Å². The summed E-state index contributed by atoms with van der Waals surface area (Å²) in [6.45, 7) is 3.77. The molecule has 2 aromatic heterocycles. The van der Waals surface area contributed by atoms with Crippen molar-refractivity contribution in [2.45, 2.75) is 13.8 Å². The minimum absolute atomic E-state index is 0.262. The van der Waals surface area contributed by atoms with Gasteiger partial charge in [0.1, 0.15) is 11.4 Å². The van der Waals surface area contributed by atoms with E-state index < -0.39 is 0 Å². The van der Waals surface area contributed by atoms with E-state index in [2.05, 4.69) is 20.3 Å². The number of aryl methyl sites for hydroxylation is 2. The molecule has 120 valence electrons. The number of aromatic nitrogens is 3. The largest absolute Gasteiger partial charge is 0.424 e. The van der Waals surface area contributed by atoms with Gasteiger partial charge in [-0.1, -0.05) is 6.07 Å². The summed E-state index contributed by atoms with van der Waals surface area (Å²) in [5, 5.41) is 2.78. The minimum atomic E-state index is -0.262. The van der Waals surface area contributed by atoms with Crippen LogP contribution in [0, 0.1) is 13.8 Å². The van der Waals surface area contributed by atoms with Crippen molar-refractivity contribution in [2.75, 3.05) is 5.32 Å². The lowest BCUT2D eigenvalue weighted by Gasteiger charge is -2.07. The maximum absolute atomic E-state index is 12.0. The number of pyridine rings is 1. The highest BCUT2D eigenvalue weighted by Gasteiger charge is 2.07. The van der Waals surface area contributed by atoms with Crippen molar-refractivity contribution in [3.05, 3.63) is 71.8 Å². The Morgan fingerprint density at radius 1 is 1.00 bits per heavy atom. The number of hydrogen-bond donors (Lipinski definition) is 1. The molecule has 1 N–H and O–H groups in total. The molecule has 0 fully saturated rings. The fourth-order valence-corrected chi connectivity index (χ4v) is 2.14. The monoisotopic (exact) mass is 320 g/mol. The minimum Gasteiger partial charge on any atom is -0.424 e. The summed E-state index contributed by atoms with van der Waals surface area (Å²) in [6.07, 6.45) is 1.58. The molecule has 3 aromatic rings. The molecule has 0 saturated heterocycles. The zero-order chi connectivity index (χ0) is 16.9. The highest BCUT2D eigenvalue weighted by Crippen LogP contribution is 2.21. The number of anilines is 1. The first kappa shape index (κ1) is 15.6. The molecular formula is C18H16N4O2. The van der Waals surface area contributed by atoms with Crippen LogP contribution in [-0.2, 0) is 0 Å². The first-order valence-electron chi connectivity index (χ1n) is 7.43. The zero-order valence-electron chi connectivity index (χ0n) is 13.4. The van der Waals surface area contributed by atoms with Crippen molar-refractivity contribution < 1.29 is 9.53 Å². The fraction of sp³-hybridized carbons (Fsp3) is 0.111. The Kier molecular flexibility index (Phi) is 4.47. The molecular weight excluding hydrogens is 304 g/mol.